The van der Waals surface area contributed by atoms with Gasteiger partial charge in [0.1, 0.15) is 0 Å². The molecule has 1 aromatic rings. The van der Waals surface area contributed by atoms with Gasteiger partial charge in [0.15, 0.2) is 0 Å². The van der Waals surface area contributed by atoms with Crippen molar-refractivity contribution in [3.05, 3.63) is 33.8 Å². The third kappa shape index (κ3) is 3.62. The first kappa shape index (κ1) is 16.3. The normalized spacial score (nSPS) is 11.4. The van der Waals surface area contributed by atoms with Gasteiger partial charge < -0.3 is 5.32 Å². The van der Waals surface area contributed by atoms with Gasteiger partial charge in [-0.2, -0.15) is 0 Å². The van der Waals surface area contributed by atoms with E-state index in [0.29, 0.717) is 21.2 Å². The van der Waals surface area contributed by atoms with Gasteiger partial charge in [-0.1, -0.05) is 68.1 Å². The third-order valence-corrected chi connectivity index (χ3v) is 5.73. The summed E-state index contributed by atoms with van der Waals surface area (Å²) in [5, 5.41) is 4.97. The fourth-order valence-corrected chi connectivity index (χ4v) is 3.76. The lowest BCUT2D eigenvalue weighted by molar-refractivity contribution is 0.0915. The highest BCUT2D eigenvalue weighted by atomic mass is 79.9. The minimum absolute atomic E-state index is 0.219. The molecule has 100 valence electrons. The molecular weight excluding hydrogens is 405 g/mol. The molecule has 1 rings (SSSR count). The SMILES string of the molecule is CCC(CBr)(CBr)NC(=O)c1cccc(Cl)c1Cl. The molecule has 0 fully saturated rings. The molecule has 0 atom stereocenters. The summed E-state index contributed by atoms with van der Waals surface area (Å²) in [4.78, 5) is 12.2. The maximum atomic E-state index is 12.2. The Labute approximate surface area is 134 Å². The van der Waals surface area contributed by atoms with Crippen molar-refractivity contribution in [3.63, 3.8) is 0 Å². The van der Waals surface area contributed by atoms with Crippen LogP contribution in [0.3, 0.4) is 0 Å². The molecule has 0 saturated heterocycles. The number of rotatable bonds is 5. The molecule has 6 heteroatoms. The first-order valence-corrected chi connectivity index (χ1v) is 8.38. The molecule has 0 aliphatic heterocycles. The van der Waals surface area contributed by atoms with Crippen molar-refractivity contribution >= 4 is 61.0 Å². The van der Waals surface area contributed by atoms with Crippen LogP contribution < -0.4 is 5.32 Å². The number of nitrogens with one attached hydrogen (secondary N) is 1. The van der Waals surface area contributed by atoms with E-state index in [1.165, 1.54) is 0 Å². The monoisotopic (exact) mass is 415 g/mol. The number of benzene rings is 1. The number of alkyl halides is 2. The maximum Gasteiger partial charge on any atom is 0.253 e. The van der Waals surface area contributed by atoms with Crippen molar-refractivity contribution in [2.75, 3.05) is 10.7 Å². The molecule has 0 saturated carbocycles. The predicted molar refractivity (Wildman–Crippen MR) is 84.5 cm³/mol. The zero-order valence-corrected chi connectivity index (χ0v) is 14.5. The minimum Gasteiger partial charge on any atom is -0.345 e. The van der Waals surface area contributed by atoms with Crippen LogP contribution in [0.25, 0.3) is 0 Å². The highest BCUT2D eigenvalue weighted by Crippen LogP contribution is 2.26. The van der Waals surface area contributed by atoms with Crippen LogP contribution in [0.4, 0.5) is 0 Å². The average Bonchev–Trinajstić information content (AvgIpc) is 2.39. The third-order valence-electron chi connectivity index (χ3n) is 2.76. The Bertz CT molecular complexity index is 428. The Morgan fingerprint density at radius 1 is 1.33 bits per heavy atom. The van der Waals surface area contributed by atoms with E-state index in [1.54, 1.807) is 18.2 Å². The van der Waals surface area contributed by atoms with Crippen LogP contribution in [0.15, 0.2) is 18.2 Å². The Hall–Kier alpha value is 0.230. The highest BCUT2D eigenvalue weighted by Gasteiger charge is 2.28. The maximum absolute atomic E-state index is 12.2. The second-order valence-electron chi connectivity index (χ2n) is 3.96. The minimum atomic E-state index is -0.331. The van der Waals surface area contributed by atoms with Crippen molar-refractivity contribution in [1.82, 2.24) is 5.32 Å². The fourth-order valence-electron chi connectivity index (χ4n) is 1.37. The van der Waals surface area contributed by atoms with Crippen LogP contribution in [-0.2, 0) is 0 Å². The number of halogens is 4. The zero-order valence-electron chi connectivity index (χ0n) is 9.77. The summed E-state index contributed by atoms with van der Waals surface area (Å²) in [6.45, 7) is 2.02. The van der Waals surface area contributed by atoms with Crippen LogP contribution in [-0.4, -0.2) is 22.1 Å². The van der Waals surface area contributed by atoms with Crippen molar-refractivity contribution in [2.45, 2.75) is 18.9 Å². The molecule has 0 unspecified atom stereocenters. The standard InChI is InChI=1S/C12H13Br2Cl2NO/c1-2-12(6-13,7-14)17-11(18)8-4-3-5-9(15)10(8)16/h3-5H,2,6-7H2,1H3,(H,17,18). The lowest BCUT2D eigenvalue weighted by Gasteiger charge is -2.30. The second kappa shape index (κ2) is 7.13. The molecule has 1 N–H and O–H groups in total. The Kier molecular flexibility index (Phi) is 6.45. The molecule has 1 amide bonds. The van der Waals surface area contributed by atoms with Crippen LogP contribution in [0.5, 0.6) is 0 Å². The number of carbonyl (C=O) groups excluding carboxylic acids is 1. The van der Waals surface area contributed by atoms with Crippen molar-refractivity contribution in [3.8, 4) is 0 Å². The highest BCUT2D eigenvalue weighted by molar-refractivity contribution is 9.09. The molecule has 1 aromatic carbocycles. The van der Waals surface area contributed by atoms with Crippen LogP contribution in [0.1, 0.15) is 23.7 Å². The second-order valence-corrected chi connectivity index (χ2v) is 5.86. The molecular formula is C12H13Br2Cl2NO. The molecule has 18 heavy (non-hydrogen) atoms. The molecule has 0 aliphatic carbocycles. The molecule has 0 bridgehead atoms. The molecule has 2 nitrogen and oxygen atoms in total. The number of hydrogen-bond donors (Lipinski definition) is 1. The van der Waals surface area contributed by atoms with Gasteiger partial charge in [0.2, 0.25) is 0 Å². The topological polar surface area (TPSA) is 29.1 Å². The van der Waals surface area contributed by atoms with E-state index in [4.69, 9.17) is 23.2 Å². The van der Waals surface area contributed by atoms with E-state index in [1.807, 2.05) is 6.92 Å². The van der Waals surface area contributed by atoms with Gasteiger partial charge in [0, 0.05) is 10.7 Å². The summed E-state index contributed by atoms with van der Waals surface area (Å²) in [6.07, 6.45) is 0.799. The van der Waals surface area contributed by atoms with Gasteiger partial charge >= 0.3 is 0 Å². The molecule has 0 aliphatic rings. The van der Waals surface area contributed by atoms with Crippen LogP contribution in [0.2, 0.25) is 10.0 Å². The van der Waals surface area contributed by atoms with Crippen LogP contribution in [0, 0.1) is 0 Å². The molecule has 0 radical (unpaired) electrons. The first-order chi connectivity index (χ1) is 8.49. The average molecular weight is 418 g/mol. The Morgan fingerprint density at radius 2 is 1.94 bits per heavy atom. The summed E-state index contributed by atoms with van der Waals surface area (Å²) in [7, 11) is 0. The predicted octanol–water partition coefficient (Wildman–Crippen LogP) is 4.66. The van der Waals surface area contributed by atoms with Gasteiger partial charge in [-0.05, 0) is 18.6 Å². The van der Waals surface area contributed by atoms with E-state index < -0.39 is 0 Å². The summed E-state index contributed by atoms with van der Waals surface area (Å²) in [5.41, 5.74) is 0.0619. The van der Waals surface area contributed by atoms with Gasteiger partial charge in [0.25, 0.3) is 5.91 Å². The molecule has 0 heterocycles. The van der Waals surface area contributed by atoms with Gasteiger partial charge in [-0.25, -0.2) is 0 Å². The van der Waals surface area contributed by atoms with Gasteiger partial charge in [0.05, 0.1) is 21.1 Å². The van der Waals surface area contributed by atoms with Crippen molar-refractivity contribution in [1.29, 1.82) is 0 Å². The lowest BCUT2D eigenvalue weighted by atomic mass is 10.0. The lowest BCUT2D eigenvalue weighted by Crippen LogP contribution is -2.51. The van der Waals surface area contributed by atoms with Gasteiger partial charge in [-0.15, -0.1) is 0 Å². The number of carbonyl (C=O) groups is 1. The van der Waals surface area contributed by atoms with E-state index in [0.717, 1.165) is 6.42 Å². The molecule has 0 aromatic heterocycles. The van der Waals surface area contributed by atoms with Crippen LogP contribution >= 0.6 is 55.1 Å². The first-order valence-electron chi connectivity index (χ1n) is 5.38. The van der Waals surface area contributed by atoms with E-state index >= 15 is 0 Å². The van der Waals surface area contributed by atoms with E-state index in [9.17, 15) is 4.79 Å². The summed E-state index contributed by atoms with van der Waals surface area (Å²) in [6, 6.07) is 5.02. The van der Waals surface area contributed by atoms with E-state index in [2.05, 4.69) is 37.2 Å². The Balaban J connectivity index is 2.98. The van der Waals surface area contributed by atoms with Crippen molar-refractivity contribution < 1.29 is 4.79 Å². The number of hydrogen-bond acceptors (Lipinski definition) is 1. The molecule has 0 spiro atoms. The van der Waals surface area contributed by atoms with Crippen molar-refractivity contribution in [2.24, 2.45) is 0 Å². The largest absolute Gasteiger partial charge is 0.345 e. The summed E-state index contributed by atoms with van der Waals surface area (Å²) in [5.74, 6) is -0.219. The number of amides is 1. The zero-order chi connectivity index (χ0) is 13.8. The fraction of sp³-hybridized carbons (Fsp3) is 0.417. The Morgan fingerprint density at radius 3 is 2.44 bits per heavy atom. The quantitative estimate of drug-likeness (QED) is 0.693. The van der Waals surface area contributed by atoms with Gasteiger partial charge in [-0.3, -0.25) is 4.79 Å². The summed E-state index contributed by atoms with van der Waals surface area (Å²) >= 11 is 18.8. The smallest absolute Gasteiger partial charge is 0.253 e. The van der Waals surface area contributed by atoms with E-state index in [-0.39, 0.29) is 16.5 Å². The summed E-state index contributed by atoms with van der Waals surface area (Å²) < 4.78 is 0.